The van der Waals surface area contributed by atoms with E-state index >= 15 is 0 Å². The molecule has 7 nitrogen and oxygen atoms in total. The minimum absolute atomic E-state index is 0.413. The van der Waals surface area contributed by atoms with Crippen LogP contribution >= 0.6 is 0 Å². The van der Waals surface area contributed by atoms with Crippen LogP contribution < -0.4 is 0 Å². The molecule has 1 rings (SSSR count). The van der Waals surface area contributed by atoms with Crippen LogP contribution in [0, 0.1) is 0 Å². The van der Waals surface area contributed by atoms with Crippen LogP contribution in [-0.4, -0.2) is 63.2 Å². The van der Waals surface area contributed by atoms with Gasteiger partial charge in [-0.3, -0.25) is 0 Å². The predicted molar refractivity (Wildman–Crippen MR) is 50.1 cm³/mol. The molecular formula is C9H16O7. The van der Waals surface area contributed by atoms with Gasteiger partial charge in [0.2, 0.25) is 0 Å². The van der Waals surface area contributed by atoms with Crippen molar-refractivity contribution in [2.24, 2.45) is 0 Å². The van der Waals surface area contributed by atoms with Gasteiger partial charge in [0, 0.05) is 0 Å². The molecule has 3 unspecified atom stereocenters. The average Bonchev–Trinajstić information content (AvgIpc) is 2.19. The zero-order chi connectivity index (χ0) is 12.5. The summed E-state index contributed by atoms with van der Waals surface area (Å²) in [5.74, 6) is -0.896. The van der Waals surface area contributed by atoms with Gasteiger partial charge in [-0.1, -0.05) is 0 Å². The average molecular weight is 236 g/mol. The Balaban J connectivity index is 2.70. The second kappa shape index (κ2) is 5.07. The largest absolute Gasteiger partial charge is 0.461 e. The van der Waals surface area contributed by atoms with Crippen molar-refractivity contribution in [2.75, 3.05) is 0 Å². The van der Waals surface area contributed by atoms with E-state index in [4.69, 9.17) is 14.9 Å². The SMILES string of the molecule is CC(C)OC(=O)C1OC(O)[C@@H](O)C(O)[C@@H]1O. The highest BCUT2D eigenvalue weighted by molar-refractivity contribution is 5.76. The second-order valence-corrected chi connectivity index (χ2v) is 3.90. The summed E-state index contributed by atoms with van der Waals surface area (Å²) in [7, 11) is 0. The van der Waals surface area contributed by atoms with Crippen molar-refractivity contribution in [3.05, 3.63) is 0 Å². The highest BCUT2D eigenvalue weighted by Crippen LogP contribution is 2.21. The summed E-state index contributed by atoms with van der Waals surface area (Å²) < 4.78 is 9.43. The number of hydrogen-bond acceptors (Lipinski definition) is 7. The Kier molecular flexibility index (Phi) is 4.22. The van der Waals surface area contributed by atoms with Crippen LogP contribution in [0.4, 0.5) is 0 Å². The highest BCUT2D eigenvalue weighted by atomic mass is 16.7. The van der Waals surface area contributed by atoms with Crippen LogP contribution in [0.1, 0.15) is 13.8 Å². The van der Waals surface area contributed by atoms with E-state index in [1.54, 1.807) is 13.8 Å². The number of aliphatic hydroxyl groups excluding tert-OH is 4. The molecule has 16 heavy (non-hydrogen) atoms. The van der Waals surface area contributed by atoms with Gasteiger partial charge in [0.1, 0.15) is 18.3 Å². The Morgan fingerprint density at radius 2 is 1.69 bits per heavy atom. The Morgan fingerprint density at radius 1 is 1.12 bits per heavy atom. The first-order valence-corrected chi connectivity index (χ1v) is 4.92. The van der Waals surface area contributed by atoms with E-state index in [-0.39, 0.29) is 0 Å². The van der Waals surface area contributed by atoms with Gasteiger partial charge in [0.25, 0.3) is 0 Å². The van der Waals surface area contributed by atoms with Gasteiger partial charge in [-0.05, 0) is 13.8 Å². The standard InChI is InChI=1S/C9H16O7/c1-3(2)15-9(14)7-5(11)4(10)6(12)8(13)16-7/h3-8,10-13H,1-2H3/t4?,5-,6-,7?,8?/m0/s1. The normalized spacial score (nSPS) is 39.8. The van der Waals surface area contributed by atoms with E-state index in [0.29, 0.717) is 0 Å². The number of carbonyl (C=O) groups excluding carboxylic acids is 1. The number of esters is 1. The molecule has 0 aromatic rings. The summed E-state index contributed by atoms with van der Waals surface area (Å²) >= 11 is 0. The van der Waals surface area contributed by atoms with Crippen molar-refractivity contribution < 1.29 is 34.7 Å². The van der Waals surface area contributed by atoms with E-state index in [0.717, 1.165) is 0 Å². The maximum absolute atomic E-state index is 11.4. The second-order valence-electron chi connectivity index (χ2n) is 3.90. The molecule has 0 aliphatic carbocycles. The maximum Gasteiger partial charge on any atom is 0.338 e. The Hall–Kier alpha value is -0.730. The minimum Gasteiger partial charge on any atom is -0.461 e. The van der Waals surface area contributed by atoms with Crippen LogP contribution in [0.15, 0.2) is 0 Å². The van der Waals surface area contributed by atoms with E-state index in [9.17, 15) is 15.0 Å². The quantitative estimate of drug-likeness (QED) is 0.400. The first-order valence-electron chi connectivity index (χ1n) is 4.92. The lowest BCUT2D eigenvalue weighted by Crippen LogP contribution is -2.60. The topological polar surface area (TPSA) is 116 Å². The molecular weight excluding hydrogens is 220 g/mol. The van der Waals surface area contributed by atoms with Crippen molar-refractivity contribution in [2.45, 2.75) is 50.7 Å². The first-order chi connectivity index (χ1) is 7.34. The zero-order valence-electron chi connectivity index (χ0n) is 8.98. The molecule has 1 fully saturated rings. The summed E-state index contributed by atoms with van der Waals surface area (Å²) in [6.07, 6.45) is -8.60. The smallest absolute Gasteiger partial charge is 0.338 e. The Bertz CT molecular complexity index is 254. The molecule has 0 saturated carbocycles. The lowest BCUT2D eigenvalue weighted by atomic mass is 9.99. The first kappa shape index (κ1) is 13.3. The van der Waals surface area contributed by atoms with Crippen molar-refractivity contribution in [3.8, 4) is 0 Å². The van der Waals surface area contributed by atoms with Gasteiger partial charge < -0.3 is 29.9 Å². The predicted octanol–water partition coefficient (Wildman–Crippen LogP) is -2.26. The zero-order valence-corrected chi connectivity index (χ0v) is 8.98. The highest BCUT2D eigenvalue weighted by Gasteiger charge is 2.47. The molecule has 1 saturated heterocycles. The van der Waals surface area contributed by atoms with Gasteiger partial charge >= 0.3 is 5.97 Å². The van der Waals surface area contributed by atoms with Gasteiger partial charge in [-0.25, -0.2) is 4.79 Å². The molecule has 0 spiro atoms. The number of carbonyl (C=O) groups is 1. The van der Waals surface area contributed by atoms with Crippen molar-refractivity contribution >= 4 is 5.97 Å². The van der Waals surface area contributed by atoms with E-state index < -0.39 is 42.8 Å². The number of hydrogen-bond donors (Lipinski definition) is 4. The fourth-order valence-corrected chi connectivity index (χ4v) is 1.36. The van der Waals surface area contributed by atoms with Crippen molar-refractivity contribution in [1.82, 2.24) is 0 Å². The van der Waals surface area contributed by atoms with E-state index in [1.165, 1.54) is 0 Å². The number of ether oxygens (including phenoxy) is 2. The van der Waals surface area contributed by atoms with E-state index in [1.807, 2.05) is 0 Å². The molecule has 5 atom stereocenters. The summed E-state index contributed by atoms with van der Waals surface area (Å²) in [4.78, 5) is 11.4. The van der Waals surface area contributed by atoms with Crippen LogP contribution in [0.5, 0.6) is 0 Å². The molecule has 1 aliphatic rings. The van der Waals surface area contributed by atoms with Crippen molar-refractivity contribution in [3.63, 3.8) is 0 Å². The third-order valence-electron chi connectivity index (χ3n) is 2.17. The van der Waals surface area contributed by atoms with Crippen molar-refractivity contribution in [1.29, 1.82) is 0 Å². The third kappa shape index (κ3) is 2.69. The molecule has 4 N–H and O–H groups in total. The Labute approximate surface area is 92.2 Å². The number of rotatable bonds is 2. The summed E-state index contributed by atoms with van der Waals surface area (Å²) in [5.41, 5.74) is 0. The van der Waals surface area contributed by atoms with E-state index in [2.05, 4.69) is 4.74 Å². The lowest BCUT2D eigenvalue weighted by molar-refractivity contribution is -0.281. The molecule has 7 heteroatoms. The number of aliphatic hydroxyl groups is 4. The molecule has 0 amide bonds. The minimum atomic E-state index is -1.73. The molecule has 0 aromatic carbocycles. The fourth-order valence-electron chi connectivity index (χ4n) is 1.36. The molecule has 0 radical (unpaired) electrons. The maximum atomic E-state index is 11.4. The third-order valence-corrected chi connectivity index (χ3v) is 2.17. The van der Waals surface area contributed by atoms with Crippen LogP contribution in [0.3, 0.4) is 0 Å². The Morgan fingerprint density at radius 3 is 2.19 bits per heavy atom. The summed E-state index contributed by atoms with van der Waals surface area (Å²) in [5, 5.41) is 37.1. The van der Waals surface area contributed by atoms with Gasteiger partial charge in [-0.2, -0.15) is 0 Å². The fraction of sp³-hybridized carbons (Fsp3) is 0.889. The van der Waals surface area contributed by atoms with Crippen LogP contribution in [0.2, 0.25) is 0 Å². The summed E-state index contributed by atoms with van der Waals surface area (Å²) in [6.45, 7) is 3.21. The van der Waals surface area contributed by atoms with Gasteiger partial charge in [0.15, 0.2) is 12.4 Å². The molecule has 1 heterocycles. The molecule has 0 bridgehead atoms. The lowest BCUT2D eigenvalue weighted by Gasteiger charge is -2.37. The summed E-state index contributed by atoms with van der Waals surface area (Å²) in [6, 6.07) is 0. The molecule has 94 valence electrons. The monoisotopic (exact) mass is 236 g/mol. The van der Waals surface area contributed by atoms with Crippen LogP contribution in [0.25, 0.3) is 0 Å². The molecule has 0 aromatic heterocycles. The molecule has 1 aliphatic heterocycles. The van der Waals surface area contributed by atoms with Gasteiger partial charge in [-0.15, -0.1) is 0 Å². The van der Waals surface area contributed by atoms with Crippen LogP contribution in [-0.2, 0) is 14.3 Å². The van der Waals surface area contributed by atoms with Gasteiger partial charge in [0.05, 0.1) is 6.10 Å².